The summed E-state index contributed by atoms with van der Waals surface area (Å²) in [6.45, 7) is 2.05. The Morgan fingerprint density at radius 3 is 2.56 bits per heavy atom. The van der Waals surface area contributed by atoms with E-state index in [9.17, 15) is 0 Å². The third-order valence-electron chi connectivity index (χ3n) is 2.67. The molecule has 0 unspecified atom stereocenters. The van der Waals surface area contributed by atoms with Gasteiger partial charge in [-0.1, -0.05) is 0 Å². The highest BCUT2D eigenvalue weighted by atomic mass is 32.1. The number of nitrogens with zero attached hydrogens (tertiary/aromatic N) is 1. The smallest absolute Gasteiger partial charge is 0.183 e. The zero-order chi connectivity index (χ0) is 13.1. The van der Waals surface area contributed by atoms with Gasteiger partial charge in [0.15, 0.2) is 5.13 Å². The minimum atomic E-state index is 0.769. The summed E-state index contributed by atoms with van der Waals surface area (Å²) in [4.78, 5) is 5.70. The maximum atomic E-state index is 5.40. The first-order valence-corrected chi connectivity index (χ1v) is 6.38. The van der Waals surface area contributed by atoms with E-state index in [0.717, 1.165) is 32.8 Å². The van der Waals surface area contributed by atoms with Gasteiger partial charge in [0, 0.05) is 23.6 Å². The average molecular weight is 264 g/mol. The topological polar surface area (TPSA) is 43.4 Å². The Kier molecular flexibility index (Phi) is 3.72. The molecule has 0 aliphatic heterocycles. The van der Waals surface area contributed by atoms with E-state index < -0.39 is 0 Å². The molecule has 1 heterocycles. The molecule has 0 amide bonds. The second-order valence-electron chi connectivity index (χ2n) is 3.74. The molecule has 0 saturated heterocycles. The van der Waals surface area contributed by atoms with Gasteiger partial charge in [0.1, 0.15) is 11.5 Å². The minimum Gasteiger partial charge on any atom is -0.497 e. The monoisotopic (exact) mass is 264 g/mol. The van der Waals surface area contributed by atoms with Gasteiger partial charge in [0.25, 0.3) is 0 Å². The van der Waals surface area contributed by atoms with Crippen LogP contribution in [0.4, 0.5) is 5.13 Å². The van der Waals surface area contributed by atoms with Crippen LogP contribution in [0.1, 0.15) is 4.88 Å². The quantitative estimate of drug-likeness (QED) is 0.921. The predicted molar refractivity (Wildman–Crippen MR) is 74.9 cm³/mol. The number of thiazole rings is 1. The van der Waals surface area contributed by atoms with Gasteiger partial charge in [-0.05, 0) is 19.1 Å². The molecule has 1 aromatic heterocycles. The van der Waals surface area contributed by atoms with E-state index in [-0.39, 0.29) is 0 Å². The Balaban J connectivity index is 2.52. The molecule has 0 saturated carbocycles. The summed E-state index contributed by atoms with van der Waals surface area (Å²) >= 11 is 1.63. The van der Waals surface area contributed by atoms with Crippen LogP contribution in [0.5, 0.6) is 11.5 Å². The van der Waals surface area contributed by atoms with Crippen LogP contribution >= 0.6 is 11.3 Å². The molecule has 0 radical (unpaired) electrons. The number of ether oxygens (including phenoxy) is 2. The van der Waals surface area contributed by atoms with E-state index in [4.69, 9.17) is 9.47 Å². The molecular formula is C13H16N2O2S. The third-order valence-corrected chi connectivity index (χ3v) is 3.66. The second-order valence-corrected chi connectivity index (χ2v) is 4.94. The maximum Gasteiger partial charge on any atom is 0.183 e. The Morgan fingerprint density at radius 2 is 2.00 bits per heavy atom. The molecule has 1 aromatic carbocycles. The van der Waals surface area contributed by atoms with Gasteiger partial charge in [-0.15, -0.1) is 11.3 Å². The van der Waals surface area contributed by atoms with Crippen molar-refractivity contribution < 1.29 is 9.47 Å². The molecule has 1 N–H and O–H groups in total. The highest BCUT2D eigenvalue weighted by molar-refractivity contribution is 7.16. The molecule has 0 bridgehead atoms. The minimum absolute atomic E-state index is 0.769. The van der Waals surface area contributed by atoms with Crippen molar-refractivity contribution in [2.75, 3.05) is 26.6 Å². The maximum absolute atomic E-state index is 5.40. The number of hydrogen-bond donors (Lipinski definition) is 1. The van der Waals surface area contributed by atoms with Crippen LogP contribution in [0, 0.1) is 6.92 Å². The van der Waals surface area contributed by atoms with Crippen LogP contribution in [-0.2, 0) is 0 Å². The first-order valence-electron chi connectivity index (χ1n) is 5.57. The lowest BCUT2D eigenvalue weighted by Gasteiger charge is -2.09. The van der Waals surface area contributed by atoms with Crippen LogP contribution < -0.4 is 14.8 Å². The van der Waals surface area contributed by atoms with Gasteiger partial charge in [0.2, 0.25) is 0 Å². The largest absolute Gasteiger partial charge is 0.497 e. The van der Waals surface area contributed by atoms with Crippen molar-refractivity contribution in [1.29, 1.82) is 0 Å². The number of benzene rings is 1. The van der Waals surface area contributed by atoms with Gasteiger partial charge < -0.3 is 14.8 Å². The lowest BCUT2D eigenvalue weighted by molar-refractivity contribution is 0.395. The molecular weight excluding hydrogens is 248 g/mol. The van der Waals surface area contributed by atoms with Gasteiger partial charge in [-0.25, -0.2) is 4.98 Å². The number of anilines is 1. The molecule has 5 heteroatoms. The summed E-state index contributed by atoms with van der Waals surface area (Å²) in [5.74, 6) is 1.54. The fourth-order valence-electron chi connectivity index (χ4n) is 1.75. The molecule has 0 aliphatic rings. The molecule has 2 aromatic rings. The number of hydrogen-bond acceptors (Lipinski definition) is 5. The van der Waals surface area contributed by atoms with E-state index >= 15 is 0 Å². The van der Waals surface area contributed by atoms with Crippen LogP contribution in [0.15, 0.2) is 18.2 Å². The van der Waals surface area contributed by atoms with Crippen molar-refractivity contribution in [3.63, 3.8) is 0 Å². The number of aromatic nitrogens is 1. The van der Waals surface area contributed by atoms with E-state index in [1.807, 2.05) is 25.2 Å². The summed E-state index contributed by atoms with van der Waals surface area (Å²) in [5, 5.41) is 3.96. The van der Waals surface area contributed by atoms with Gasteiger partial charge in [0.05, 0.1) is 19.9 Å². The number of nitrogens with one attached hydrogen (secondary N) is 1. The van der Waals surface area contributed by atoms with Crippen LogP contribution in [-0.4, -0.2) is 26.3 Å². The van der Waals surface area contributed by atoms with E-state index in [1.165, 1.54) is 0 Å². The van der Waals surface area contributed by atoms with Crippen LogP contribution in [0.3, 0.4) is 0 Å². The van der Waals surface area contributed by atoms with Crippen molar-refractivity contribution in [3.05, 3.63) is 23.1 Å². The molecule has 18 heavy (non-hydrogen) atoms. The molecule has 0 spiro atoms. The van der Waals surface area contributed by atoms with Crippen molar-refractivity contribution in [1.82, 2.24) is 4.98 Å². The molecule has 2 rings (SSSR count). The third kappa shape index (κ3) is 2.26. The fourth-order valence-corrected chi connectivity index (χ4v) is 2.53. The zero-order valence-corrected chi connectivity index (χ0v) is 11.7. The van der Waals surface area contributed by atoms with Crippen molar-refractivity contribution >= 4 is 16.5 Å². The lowest BCUT2D eigenvalue weighted by Crippen LogP contribution is -1.92. The lowest BCUT2D eigenvalue weighted by atomic mass is 10.1. The van der Waals surface area contributed by atoms with E-state index in [1.54, 1.807) is 25.6 Å². The van der Waals surface area contributed by atoms with Crippen LogP contribution in [0.2, 0.25) is 0 Å². The van der Waals surface area contributed by atoms with E-state index in [2.05, 4.69) is 17.2 Å². The van der Waals surface area contributed by atoms with Gasteiger partial charge in [-0.3, -0.25) is 0 Å². The zero-order valence-electron chi connectivity index (χ0n) is 10.9. The highest BCUT2D eigenvalue weighted by Crippen LogP contribution is 2.37. The normalized spacial score (nSPS) is 10.2. The summed E-state index contributed by atoms with van der Waals surface area (Å²) in [6, 6.07) is 5.75. The fraction of sp³-hybridized carbons (Fsp3) is 0.308. The number of aryl methyl sites for hydroxylation is 1. The molecule has 96 valence electrons. The Labute approximate surface area is 111 Å². The Bertz CT molecular complexity index is 552. The molecule has 0 fully saturated rings. The predicted octanol–water partition coefficient (Wildman–Crippen LogP) is 3.18. The Morgan fingerprint density at radius 1 is 1.22 bits per heavy atom. The molecule has 4 nitrogen and oxygen atoms in total. The molecule has 0 atom stereocenters. The Hall–Kier alpha value is -1.75. The summed E-state index contributed by atoms with van der Waals surface area (Å²) in [6.07, 6.45) is 0. The van der Waals surface area contributed by atoms with E-state index in [0.29, 0.717) is 0 Å². The SMILES string of the molecule is CNc1nc(-c2ccc(OC)cc2OC)c(C)s1. The first kappa shape index (κ1) is 12.7. The molecule has 0 aliphatic carbocycles. The van der Waals surface area contributed by atoms with Gasteiger partial charge >= 0.3 is 0 Å². The summed E-state index contributed by atoms with van der Waals surface area (Å²) in [5.41, 5.74) is 1.93. The number of methoxy groups -OCH3 is 2. The second kappa shape index (κ2) is 5.27. The average Bonchev–Trinajstić information content (AvgIpc) is 2.79. The summed E-state index contributed by atoms with van der Waals surface area (Å²) < 4.78 is 10.6. The highest BCUT2D eigenvalue weighted by Gasteiger charge is 2.14. The van der Waals surface area contributed by atoms with Crippen molar-refractivity contribution in [2.45, 2.75) is 6.92 Å². The number of rotatable bonds is 4. The van der Waals surface area contributed by atoms with Gasteiger partial charge in [-0.2, -0.15) is 0 Å². The first-order chi connectivity index (χ1) is 8.69. The van der Waals surface area contributed by atoms with Crippen LogP contribution in [0.25, 0.3) is 11.3 Å². The van der Waals surface area contributed by atoms with Crippen molar-refractivity contribution in [2.24, 2.45) is 0 Å². The summed E-state index contributed by atoms with van der Waals surface area (Å²) in [7, 11) is 5.16. The van der Waals surface area contributed by atoms with Crippen molar-refractivity contribution in [3.8, 4) is 22.8 Å². The standard InChI is InChI=1S/C13H16N2O2S/c1-8-12(15-13(14-2)18-8)10-6-5-9(16-3)7-11(10)17-4/h5-7H,1-4H3,(H,14,15).